The van der Waals surface area contributed by atoms with Crippen LogP contribution in [0.25, 0.3) is 0 Å². The molecule has 1 aromatic carbocycles. The van der Waals surface area contributed by atoms with Gasteiger partial charge in [-0.3, -0.25) is 9.59 Å². The van der Waals surface area contributed by atoms with Gasteiger partial charge in [0, 0.05) is 18.1 Å². The molecule has 3 N–H and O–H groups in total. The number of carbonyl (C=O) groups is 3. The van der Waals surface area contributed by atoms with E-state index in [2.05, 4.69) is 10.6 Å². The molecular weight excluding hydrogens is 300 g/mol. The number of amides is 2. The number of aliphatic carboxylic acids is 1. The van der Waals surface area contributed by atoms with Crippen LogP contribution in [0.15, 0.2) is 30.3 Å². The molecule has 0 bridgehead atoms. The van der Waals surface area contributed by atoms with Crippen molar-refractivity contribution in [3.05, 3.63) is 35.9 Å². The number of carboxylic acids is 1. The molecule has 1 fully saturated rings. The van der Waals surface area contributed by atoms with E-state index in [9.17, 15) is 19.5 Å². The molecule has 7 heteroatoms. The maximum absolute atomic E-state index is 11.9. The Kier molecular flexibility index (Phi) is 6.10. The van der Waals surface area contributed by atoms with Crippen LogP contribution in [0.3, 0.4) is 0 Å². The van der Waals surface area contributed by atoms with E-state index in [1.54, 1.807) is 30.3 Å². The zero-order chi connectivity index (χ0) is 16.7. The van der Waals surface area contributed by atoms with Crippen LogP contribution in [-0.2, 0) is 14.3 Å². The first-order chi connectivity index (χ1) is 11.1. The van der Waals surface area contributed by atoms with Crippen molar-refractivity contribution < 1.29 is 24.2 Å². The van der Waals surface area contributed by atoms with Crippen molar-refractivity contribution in [1.82, 2.24) is 10.6 Å². The fourth-order valence-corrected chi connectivity index (χ4v) is 2.49. The summed E-state index contributed by atoms with van der Waals surface area (Å²) in [5.74, 6) is -2.26. The van der Waals surface area contributed by atoms with Gasteiger partial charge in [0.05, 0.1) is 13.2 Å². The minimum absolute atomic E-state index is 0.255. The second kappa shape index (κ2) is 8.28. The van der Waals surface area contributed by atoms with Crippen LogP contribution in [0.2, 0.25) is 0 Å². The monoisotopic (exact) mass is 320 g/mol. The number of nitrogens with one attached hydrogen (secondary N) is 2. The Hall–Kier alpha value is -2.41. The van der Waals surface area contributed by atoms with E-state index in [4.69, 9.17) is 4.74 Å². The Bertz CT molecular complexity index is 555. The maximum atomic E-state index is 11.9. The molecular formula is C16H20N2O5. The summed E-state index contributed by atoms with van der Waals surface area (Å²) in [5.41, 5.74) is 0.441. The predicted molar refractivity (Wildman–Crippen MR) is 81.9 cm³/mol. The first-order valence-corrected chi connectivity index (χ1v) is 7.51. The van der Waals surface area contributed by atoms with E-state index in [-0.39, 0.29) is 18.4 Å². The molecule has 0 radical (unpaired) electrons. The average Bonchev–Trinajstić information content (AvgIpc) is 2.58. The molecule has 2 unspecified atom stereocenters. The molecule has 1 heterocycles. The Morgan fingerprint density at radius 3 is 2.61 bits per heavy atom. The van der Waals surface area contributed by atoms with Crippen molar-refractivity contribution in [2.75, 3.05) is 19.8 Å². The minimum Gasteiger partial charge on any atom is -0.480 e. The number of rotatable bonds is 6. The molecule has 2 atom stereocenters. The van der Waals surface area contributed by atoms with Gasteiger partial charge in [0.25, 0.3) is 5.91 Å². The van der Waals surface area contributed by atoms with Gasteiger partial charge in [-0.2, -0.15) is 0 Å². The summed E-state index contributed by atoms with van der Waals surface area (Å²) in [5, 5.41) is 14.2. The normalized spacial score (nSPS) is 18.7. The van der Waals surface area contributed by atoms with Gasteiger partial charge >= 0.3 is 5.97 Å². The average molecular weight is 320 g/mol. The highest BCUT2D eigenvalue weighted by Crippen LogP contribution is 2.17. The third-order valence-electron chi connectivity index (χ3n) is 3.69. The van der Waals surface area contributed by atoms with Crippen molar-refractivity contribution in [2.45, 2.75) is 18.9 Å². The second-order valence-corrected chi connectivity index (χ2v) is 5.41. The van der Waals surface area contributed by atoms with Crippen molar-refractivity contribution >= 4 is 17.8 Å². The second-order valence-electron chi connectivity index (χ2n) is 5.41. The highest BCUT2D eigenvalue weighted by molar-refractivity contribution is 5.96. The molecule has 1 aliphatic heterocycles. The molecule has 0 aliphatic carbocycles. The lowest BCUT2D eigenvalue weighted by Gasteiger charge is -2.28. The summed E-state index contributed by atoms with van der Waals surface area (Å²) in [6, 6.07) is 7.49. The topological polar surface area (TPSA) is 105 Å². The van der Waals surface area contributed by atoms with Gasteiger partial charge in [-0.05, 0) is 25.0 Å². The van der Waals surface area contributed by atoms with E-state index in [0.29, 0.717) is 25.2 Å². The van der Waals surface area contributed by atoms with E-state index in [1.165, 1.54) is 0 Å². The van der Waals surface area contributed by atoms with Gasteiger partial charge in [-0.15, -0.1) is 0 Å². The molecule has 1 aromatic rings. The highest BCUT2D eigenvalue weighted by Gasteiger charge is 2.31. The van der Waals surface area contributed by atoms with Crippen LogP contribution in [0.1, 0.15) is 23.2 Å². The molecule has 1 saturated heterocycles. The summed E-state index contributed by atoms with van der Waals surface area (Å²) in [6.07, 6.45) is 1.46. The molecule has 7 nitrogen and oxygen atoms in total. The summed E-state index contributed by atoms with van der Waals surface area (Å²) >= 11 is 0. The molecule has 23 heavy (non-hydrogen) atoms. The Morgan fingerprint density at radius 2 is 2.00 bits per heavy atom. The standard InChI is InChI=1S/C16H20N2O5/c19-13(9-17-15(20)11-5-2-1-3-6-11)18-14(16(21)22)12-7-4-8-23-10-12/h1-3,5-6,12,14H,4,7-10H2,(H,17,20)(H,18,19)(H,21,22). The smallest absolute Gasteiger partial charge is 0.326 e. The number of carboxylic acid groups (broad SMARTS) is 1. The van der Waals surface area contributed by atoms with E-state index in [1.807, 2.05) is 0 Å². The van der Waals surface area contributed by atoms with Crippen molar-refractivity contribution in [2.24, 2.45) is 5.92 Å². The predicted octanol–water partition coefficient (Wildman–Crippen LogP) is 0.412. The fourth-order valence-electron chi connectivity index (χ4n) is 2.49. The quantitative estimate of drug-likeness (QED) is 0.704. The number of hydrogen-bond acceptors (Lipinski definition) is 4. The molecule has 2 amide bonds. The fraction of sp³-hybridized carbons (Fsp3) is 0.438. The first kappa shape index (κ1) is 17.0. The van der Waals surface area contributed by atoms with E-state index < -0.39 is 17.9 Å². The van der Waals surface area contributed by atoms with Crippen molar-refractivity contribution in [3.8, 4) is 0 Å². The third kappa shape index (κ3) is 5.07. The minimum atomic E-state index is -1.09. The van der Waals surface area contributed by atoms with Gasteiger partial charge in [0.2, 0.25) is 5.91 Å². The number of benzene rings is 1. The molecule has 0 saturated carbocycles. The van der Waals surface area contributed by atoms with Crippen LogP contribution in [0, 0.1) is 5.92 Å². The summed E-state index contributed by atoms with van der Waals surface area (Å²) in [7, 11) is 0. The van der Waals surface area contributed by atoms with Gasteiger partial charge in [0.15, 0.2) is 0 Å². The zero-order valence-electron chi connectivity index (χ0n) is 12.7. The lowest BCUT2D eigenvalue weighted by atomic mass is 9.93. The van der Waals surface area contributed by atoms with Crippen molar-refractivity contribution in [1.29, 1.82) is 0 Å². The lowest BCUT2D eigenvalue weighted by Crippen LogP contribution is -2.51. The molecule has 0 aromatic heterocycles. The van der Waals surface area contributed by atoms with Crippen molar-refractivity contribution in [3.63, 3.8) is 0 Å². The van der Waals surface area contributed by atoms with Crippen LogP contribution in [0.4, 0.5) is 0 Å². The highest BCUT2D eigenvalue weighted by atomic mass is 16.5. The zero-order valence-corrected chi connectivity index (χ0v) is 12.7. The van der Waals surface area contributed by atoms with Crippen LogP contribution < -0.4 is 10.6 Å². The van der Waals surface area contributed by atoms with Crippen LogP contribution in [0.5, 0.6) is 0 Å². The summed E-state index contributed by atoms with van der Waals surface area (Å²) in [6.45, 7) is 0.655. The summed E-state index contributed by atoms with van der Waals surface area (Å²) in [4.78, 5) is 35.1. The van der Waals surface area contributed by atoms with Gasteiger partial charge < -0.3 is 20.5 Å². The molecule has 0 spiro atoms. The van der Waals surface area contributed by atoms with E-state index in [0.717, 1.165) is 6.42 Å². The van der Waals surface area contributed by atoms with Gasteiger partial charge in [-0.1, -0.05) is 18.2 Å². The van der Waals surface area contributed by atoms with Crippen LogP contribution >= 0.6 is 0 Å². The molecule has 2 rings (SSSR count). The third-order valence-corrected chi connectivity index (χ3v) is 3.69. The van der Waals surface area contributed by atoms with Crippen LogP contribution in [-0.4, -0.2) is 48.7 Å². The lowest BCUT2D eigenvalue weighted by molar-refractivity contribution is -0.145. The molecule has 1 aliphatic rings. The SMILES string of the molecule is O=C(CNC(=O)c1ccccc1)NC(C(=O)O)C1CCCOC1. The Morgan fingerprint density at radius 1 is 1.26 bits per heavy atom. The van der Waals surface area contributed by atoms with Gasteiger partial charge in [-0.25, -0.2) is 4.79 Å². The largest absolute Gasteiger partial charge is 0.480 e. The molecule has 124 valence electrons. The number of hydrogen-bond donors (Lipinski definition) is 3. The Balaban J connectivity index is 1.84. The number of carbonyl (C=O) groups excluding carboxylic acids is 2. The van der Waals surface area contributed by atoms with Gasteiger partial charge in [0.1, 0.15) is 6.04 Å². The maximum Gasteiger partial charge on any atom is 0.326 e. The summed E-state index contributed by atoms with van der Waals surface area (Å²) < 4.78 is 5.27. The Labute approximate surface area is 134 Å². The first-order valence-electron chi connectivity index (χ1n) is 7.51. The van der Waals surface area contributed by atoms with E-state index >= 15 is 0 Å². The number of ether oxygens (including phenoxy) is 1.